The number of rotatable bonds is 9. The van der Waals surface area contributed by atoms with Gasteiger partial charge in [-0.1, -0.05) is 12.1 Å². The molecule has 0 radical (unpaired) electrons. The number of nitrogens with zero attached hydrogens (tertiary/aromatic N) is 4. The van der Waals surface area contributed by atoms with Crippen LogP contribution in [0.1, 0.15) is 31.2 Å². The van der Waals surface area contributed by atoms with Gasteiger partial charge < -0.3 is 24.6 Å². The first kappa shape index (κ1) is 24.3. The van der Waals surface area contributed by atoms with Gasteiger partial charge in [0.1, 0.15) is 5.75 Å². The van der Waals surface area contributed by atoms with Gasteiger partial charge in [0.2, 0.25) is 5.91 Å². The van der Waals surface area contributed by atoms with E-state index in [1.165, 1.54) is 6.42 Å². The number of piperidine rings is 1. The average Bonchev–Trinajstić information content (AvgIpc) is 2.84. The lowest BCUT2D eigenvalue weighted by Crippen LogP contribution is -2.54. The fraction of sp³-hybridized carbons (Fsp3) is 0.667. The topological polar surface area (TPSA) is 69.6 Å². The molecule has 2 heterocycles. The van der Waals surface area contributed by atoms with Crippen LogP contribution >= 0.6 is 0 Å². The molecule has 8 heteroatoms. The van der Waals surface area contributed by atoms with Crippen LogP contribution in [0, 0.1) is 0 Å². The van der Waals surface area contributed by atoms with Gasteiger partial charge in [0.25, 0.3) is 0 Å². The zero-order chi connectivity index (χ0) is 22.6. The molecule has 0 atom stereocenters. The lowest BCUT2D eigenvalue weighted by molar-refractivity contribution is -0.133. The number of carbonyl (C=O) groups excluding carboxylic acids is 1. The molecule has 8 nitrogen and oxygen atoms in total. The van der Waals surface area contributed by atoms with E-state index in [0.717, 1.165) is 75.8 Å². The molecule has 0 aromatic heterocycles. The van der Waals surface area contributed by atoms with Crippen molar-refractivity contribution in [1.82, 2.24) is 20.0 Å². The van der Waals surface area contributed by atoms with Gasteiger partial charge in [-0.25, -0.2) is 0 Å². The highest BCUT2D eigenvalue weighted by molar-refractivity contribution is 5.80. The Hall–Kier alpha value is -2.32. The summed E-state index contributed by atoms with van der Waals surface area (Å²) in [6.07, 6.45) is 4.41. The van der Waals surface area contributed by atoms with Gasteiger partial charge in [0, 0.05) is 73.0 Å². The average molecular weight is 446 g/mol. The van der Waals surface area contributed by atoms with Crippen molar-refractivity contribution in [2.24, 2.45) is 4.99 Å². The number of guanidine groups is 1. The molecule has 1 aromatic carbocycles. The zero-order valence-electron chi connectivity index (χ0n) is 19.7. The number of likely N-dealkylation sites (tertiary alicyclic amines) is 1. The van der Waals surface area contributed by atoms with Gasteiger partial charge >= 0.3 is 0 Å². The SMILES string of the molecule is CN=C(NCc1cccc(OCCCOC)c1)N1CCN(CC(=O)N2CCCCC2)CC1. The van der Waals surface area contributed by atoms with Crippen LogP contribution in [0.15, 0.2) is 29.3 Å². The Morgan fingerprint density at radius 3 is 2.53 bits per heavy atom. The first-order valence-electron chi connectivity index (χ1n) is 11.9. The van der Waals surface area contributed by atoms with E-state index in [1.807, 2.05) is 24.1 Å². The maximum absolute atomic E-state index is 12.5. The quantitative estimate of drug-likeness (QED) is 0.355. The predicted octanol–water partition coefficient (Wildman–Crippen LogP) is 1.81. The van der Waals surface area contributed by atoms with E-state index >= 15 is 0 Å². The fourth-order valence-electron chi connectivity index (χ4n) is 4.20. The summed E-state index contributed by atoms with van der Waals surface area (Å²) in [6, 6.07) is 8.16. The first-order chi connectivity index (χ1) is 15.7. The lowest BCUT2D eigenvalue weighted by atomic mass is 10.1. The van der Waals surface area contributed by atoms with Crippen LogP contribution in [0.2, 0.25) is 0 Å². The van der Waals surface area contributed by atoms with Crippen molar-refractivity contribution < 1.29 is 14.3 Å². The molecule has 0 bridgehead atoms. The second-order valence-corrected chi connectivity index (χ2v) is 8.45. The Labute approximate surface area is 192 Å². The summed E-state index contributed by atoms with van der Waals surface area (Å²) in [5.41, 5.74) is 1.15. The highest BCUT2D eigenvalue weighted by atomic mass is 16.5. The van der Waals surface area contributed by atoms with Crippen LogP contribution in [-0.4, -0.2) is 99.8 Å². The molecule has 1 amide bonds. The van der Waals surface area contributed by atoms with Crippen molar-refractivity contribution in [3.63, 3.8) is 0 Å². The molecular weight excluding hydrogens is 406 g/mol. The number of piperazine rings is 1. The minimum Gasteiger partial charge on any atom is -0.493 e. The van der Waals surface area contributed by atoms with E-state index in [2.05, 4.69) is 32.2 Å². The highest BCUT2D eigenvalue weighted by Crippen LogP contribution is 2.14. The minimum atomic E-state index is 0.282. The molecule has 0 spiro atoms. The number of methoxy groups -OCH3 is 1. The van der Waals surface area contributed by atoms with E-state index in [4.69, 9.17) is 9.47 Å². The Morgan fingerprint density at radius 1 is 1.03 bits per heavy atom. The molecule has 0 unspecified atom stereocenters. The van der Waals surface area contributed by atoms with Crippen LogP contribution in [0.4, 0.5) is 0 Å². The van der Waals surface area contributed by atoms with Crippen LogP contribution < -0.4 is 10.1 Å². The molecule has 178 valence electrons. The normalized spacial score (nSPS) is 18.0. The molecule has 2 saturated heterocycles. The maximum Gasteiger partial charge on any atom is 0.236 e. The van der Waals surface area contributed by atoms with Gasteiger partial charge in [0.05, 0.1) is 13.2 Å². The molecular formula is C24H39N5O3. The van der Waals surface area contributed by atoms with E-state index in [9.17, 15) is 4.79 Å². The molecule has 3 rings (SSSR count). The summed E-state index contributed by atoms with van der Waals surface area (Å²) < 4.78 is 10.9. The van der Waals surface area contributed by atoms with Gasteiger partial charge in [-0.2, -0.15) is 0 Å². The lowest BCUT2D eigenvalue weighted by Gasteiger charge is -2.37. The van der Waals surface area contributed by atoms with Gasteiger partial charge in [0.15, 0.2) is 5.96 Å². The van der Waals surface area contributed by atoms with Crippen molar-refractivity contribution in [3.8, 4) is 5.75 Å². The standard InChI is InChI=1S/C24H39N5O3/c1-25-24(26-19-21-8-6-9-22(18-21)32-17-7-16-31-2)29-14-12-27(13-15-29)20-23(30)28-10-4-3-5-11-28/h6,8-9,18H,3-5,7,10-17,19-20H2,1-2H3,(H,25,26). The number of carbonyl (C=O) groups is 1. The third-order valence-electron chi connectivity index (χ3n) is 6.06. The van der Waals surface area contributed by atoms with Crippen molar-refractivity contribution in [2.75, 3.05) is 73.2 Å². The van der Waals surface area contributed by atoms with E-state index < -0.39 is 0 Å². The largest absolute Gasteiger partial charge is 0.493 e. The Balaban J connectivity index is 1.40. The molecule has 2 aliphatic rings. The highest BCUT2D eigenvalue weighted by Gasteiger charge is 2.24. The van der Waals surface area contributed by atoms with Crippen molar-refractivity contribution in [3.05, 3.63) is 29.8 Å². The van der Waals surface area contributed by atoms with Crippen LogP contribution in [0.5, 0.6) is 5.75 Å². The minimum absolute atomic E-state index is 0.282. The number of ether oxygens (including phenoxy) is 2. The van der Waals surface area contributed by atoms with Crippen molar-refractivity contribution in [1.29, 1.82) is 0 Å². The van der Waals surface area contributed by atoms with Crippen molar-refractivity contribution >= 4 is 11.9 Å². The molecule has 32 heavy (non-hydrogen) atoms. The summed E-state index contributed by atoms with van der Waals surface area (Å²) in [6.45, 7) is 7.94. The second-order valence-electron chi connectivity index (χ2n) is 8.45. The Kier molecular flexibility index (Phi) is 10.1. The smallest absolute Gasteiger partial charge is 0.236 e. The summed E-state index contributed by atoms with van der Waals surface area (Å²) in [5.74, 6) is 2.06. The van der Waals surface area contributed by atoms with Gasteiger partial charge in [-0.05, 0) is 37.0 Å². The van der Waals surface area contributed by atoms with Gasteiger partial charge in [-0.3, -0.25) is 14.7 Å². The van der Waals surface area contributed by atoms with Gasteiger partial charge in [-0.15, -0.1) is 0 Å². The Bertz CT molecular complexity index is 728. The Morgan fingerprint density at radius 2 is 1.81 bits per heavy atom. The summed E-state index contributed by atoms with van der Waals surface area (Å²) in [4.78, 5) is 23.6. The molecule has 2 aliphatic heterocycles. The fourth-order valence-corrected chi connectivity index (χ4v) is 4.20. The van der Waals surface area contributed by atoms with Crippen LogP contribution in [-0.2, 0) is 16.1 Å². The zero-order valence-corrected chi connectivity index (χ0v) is 19.7. The third kappa shape index (κ3) is 7.67. The van der Waals surface area contributed by atoms with E-state index in [0.29, 0.717) is 26.3 Å². The number of amides is 1. The number of nitrogens with one attached hydrogen (secondary N) is 1. The molecule has 2 fully saturated rings. The number of benzene rings is 1. The molecule has 0 aliphatic carbocycles. The maximum atomic E-state index is 12.5. The summed E-state index contributed by atoms with van der Waals surface area (Å²) in [5, 5.41) is 3.47. The predicted molar refractivity (Wildman–Crippen MR) is 127 cm³/mol. The monoisotopic (exact) mass is 445 g/mol. The summed E-state index contributed by atoms with van der Waals surface area (Å²) in [7, 11) is 3.53. The summed E-state index contributed by atoms with van der Waals surface area (Å²) >= 11 is 0. The van der Waals surface area contributed by atoms with E-state index in [-0.39, 0.29) is 5.91 Å². The molecule has 1 aromatic rings. The number of aliphatic imine (C=N–C) groups is 1. The molecule has 0 saturated carbocycles. The molecule has 1 N–H and O–H groups in total. The first-order valence-corrected chi connectivity index (χ1v) is 11.9. The van der Waals surface area contributed by atoms with E-state index in [1.54, 1.807) is 7.11 Å². The third-order valence-corrected chi connectivity index (χ3v) is 6.06. The van der Waals surface area contributed by atoms with Crippen LogP contribution in [0.3, 0.4) is 0 Å². The number of hydrogen-bond donors (Lipinski definition) is 1. The number of hydrogen-bond acceptors (Lipinski definition) is 5. The second kappa shape index (κ2) is 13.3. The van der Waals surface area contributed by atoms with Crippen LogP contribution in [0.25, 0.3) is 0 Å². The van der Waals surface area contributed by atoms with Crippen molar-refractivity contribution in [2.45, 2.75) is 32.2 Å².